The molecule has 4 heteroatoms. The van der Waals surface area contributed by atoms with Crippen LogP contribution < -0.4 is 0 Å². The van der Waals surface area contributed by atoms with Crippen LogP contribution in [0.25, 0.3) is 0 Å². The Kier molecular flexibility index (Phi) is 6.13. The highest BCUT2D eigenvalue weighted by molar-refractivity contribution is 5.98. The van der Waals surface area contributed by atoms with E-state index in [1.165, 1.54) is 17.5 Å². The third kappa shape index (κ3) is 4.41. The second kappa shape index (κ2) is 8.08. The van der Waals surface area contributed by atoms with E-state index in [4.69, 9.17) is 4.74 Å². The van der Waals surface area contributed by atoms with Gasteiger partial charge < -0.3 is 9.64 Å². The predicted molar refractivity (Wildman–Crippen MR) is 86.2 cm³/mol. The zero-order valence-electron chi connectivity index (χ0n) is 13.6. The molecule has 0 fully saturated rings. The van der Waals surface area contributed by atoms with Crippen LogP contribution in [0.3, 0.4) is 0 Å². The van der Waals surface area contributed by atoms with Gasteiger partial charge in [-0.1, -0.05) is 12.1 Å². The minimum atomic E-state index is 0.0191. The standard InChI is InChI=1S/C18H25NO3/c1-19(11-4-12-22-2)18(21)10-9-17(20)16-8-7-14-5-3-6-15(14)13-16/h7-8,13H,3-6,9-12H2,1-2H3. The van der Waals surface area contributed by atoms with E-state index in [9.17, 15) is 9.59 Å². The highest BCUT2D eigenvalue weighted by atomic mass is 16.5. The molecule has 0 radical (unpaired) electrons. The lowest BCUT2D eigenvalue weighted by molar-refractivity contribution is -0.130. The van der Waals surface area contributed by atoms with E-state index >= 15 is 0 Å². The lowest BCUT2D eigenvalue weighted by Crippen LogP contribution is -2.28. The number of amides is 1. The van der Waals surface area contributed by atoms with E-state index in [0.717, 1.165) is 24.8 Å². The molecule has 1 aliphatic rings. The van der Waals surface area contributed by atoms with Gasteiger partial charge in [-0.25, -0.2) is 0 Å². The topological polar surface area (TPSA) is 46.6 Å². The number of rotatable bonds is 8. The number of fused-ring (bicyclic) bond motifs is 1. The number of carbonyl (C=O) groups is 2. The molecule has 1 amide bonds. The van der Waals surface area contributed by atoms with E-state index in [1.807, 2.05) is 12.1 Å². The smallest absolute Gasteiger partial charge is 0.222 e. The second-order valence-corrected chi connectivity index (χ2v) is 5.92. The van der Waals surface area contributed by atoms with Crippen LogP contribution in [0, 0.1) is 0 Å². The molecule has 2 rings (SSSR count). The Balaban J connectivity index is 1.81. The summed E-state index contributed by atoms with van der Waals surface area (Å²) >= 11 is 0. The first-order chi connectivity index (χ1) is 10.6. The fourth-order valence-corrected chi connectivity index (χ4v) is 2.87. The summed E-state index contributed by atoms with van der Waals surface area (Å²) in [6.45, 7) is 1.31. The van der Waals surface area contributed by atoms with Crippen molar-refractivity contribution >= 4 is 11.7 Å². The molecule has 4 nitrogen and oxygen atoms in total. The fraction of sp³-hybridized carbons (Fsp3) is 0.556. The predicted octanol–water partition coefficient (Wildman–Crippen LogP) is 2.63. The number of methoxy groups -OCH3 is 1. The molecule has 0 N–H and O–H groups in total. The van der Waals surface area contributed by atoms with Crippen molar-refractivity contribution in [1.29, 1.82) is 0 Å². The molecule has 0 bridgehead atoms. The SMILES string of the molecule is COCCCN(C)C(=O)CCC(=O)c1ccc2c(c1)CCC2. The molecule has 0 saturated heterocycles. The Bertz CT molecular complexity index is 539. The van der Waals surface area contributed by atoms with Crippen molar-refractivity contribution in [3.8, 4) is 0 Å². The molecule has 1 aromatic carbocycles. The molecule has 0 heterocycles. The maximum atomic E-state index is 12.2. The van der Waals surface area contributed by atoms with Gasteiger partial charge in [0.25, 0.3) is 0 Å². The second-order valence-electron chi connectivity index (χ2n) is 5.92. The highest BCUT2D eigenvalue weighted by Gasteiger charge is 2.16. The molecule has 0 unspecified atom stereocenters. The summed E-state index contributed by atoms with van der Waals surface area (Å²) in [4.78, 5) is 25.9. The summed E-state index contributed by atoms with van der Waals surface area (Å²) < 4.78 is 4.97. The van der Waals surface area contributed by atoms with Crippen LogP contribution in [-0.2, 0) is 22.4 Å². The van der Waals surface area contributed by atoms with Gasteiger partial charge >= 0.3 is 0 Å². The van der Waals surface area contributed by atoms with Crippen LogP contribution in [0.1, 0.15) is 47.2 Å². The van der Waals surface area contributed by atoms with Crippen LogP contribution >= 0.6 is 0 Å². The summed E-state index contributed by atoms with van der Waals surface area (Å²) in [5, 5.41) is 0. The first kappa shape index (κ1) is 16.7. The maximum absolute atomic E-state index is 12.2. The first-order valence-corrected chi connectivity index (χ1v) is 7.99. The van der Waals surface area contributed by atoms with Crippen molar-refractivity contribution < 1.29 is 14.3 Å². The molecule has 0 saturated carbocycles. The number of ether oxygens (including phenoxy) is 1. The van der Waals surface area contributed by atoms with E-state index in [2.05, 4.69) is 6.07 Å². The molecule has 0 aromatic heterocycles. The van der Waals surface area contributed by atoms with Crippen molar-refractivity contribution in [3.63, 3.8) is 0 Å². The fourth-order valence-electron chi connectivity index (χ4n) is 2.87. The van der Waals surface area contributed by atoms with Crippen molar-refractivity contribution in [3.05, 3.63) is 34.9 Å². The lowest BCUT2D eigenvalue weighted by Gasteiger charge is -2.16. The average molecular weight is 303 g/mol. The van der Waals surface area contributed by atoms with E-state index in [0.29, 0.717) is 13.2 Å². The van der Waals surface area contributed by atoms with Gasteiger partial charge in [-0.15, -0.1) is 0 Å². The zero-order valence-corrected chi connectivity index (χ0v) is 13.6. The number of aryl methyl sites for hydroxylation is 2. The molecule has 0 spiro atoms. The van der Waals surface area contributed by atoms with Gasteiger partial charge in [0.15, 0.2) is 5.78 Å². The summed E-state index contributed by atoms with van der Waals surface area (Å²) in [7, 11) is 3.43. The number of hydrogen-bond acceptors (Lipinski definition) is 3. The van der Waals surface area contributed by atoms with Crippen LogP contribution in [0.15, 0.2) is 18.2 Å². The largest absolute Gasteiger partial charge is 0.385 e. The molecule has 120 valence electrons. The molecule has 22 heavy (non-hydrogen) atoms. The van der Waals surface area contributed by atoms with Crippen LogP contribution in [0.4, 0.5) is 0 Å². The van der Waals surface area contributed by atoms with Crippen LogP contribution in [0.2, 0.25) is 0 Å². The van der Waals surface area contributed by atoms with Crippen molar-refractivity contribution in [1.82, 2.24) is 4.90 Å². The minimum absolute atomic E-state index is 0.0191. The monoisotopic (exact) mass is 303 g/mol. The maximum Gasteiger partial charge on any atom is 0.222 e. The molecule has 1 aromatic rings. The van der Waals surface area contributed by atoms with E-state index in [1.54, 1.807) is 19.1 Å². The molecular formula is C18H25NO3. The minimum Gasteiger partial charge on any atom is -0.385 e. The van der Waals surface area contributed by atoms with E-state index in [-0.39, 0.29) is 24.5 Å². The Morgan fingerprint density at radius 2 is 1.95 bits per heavy atom. The van der Waals surface area contributed by atoms with Gasteiger partial charge in [0.05, 0.1) is 0 Å². The summed E-state index contributed by atoms with van der Waals surface area (Å²) in [6, 6.07) is 5.98. The van der Waals surface area contributed by atoms with Gasteiger partial charge in [-0.2, -0.15) is 0 Å². The Morgan fingerprint density at radius 1 is 1.18 bits per heavy atom. The number of benzene rings is 1. The molecule has 1 aliphatic carbocycles. The number of hydrogen-bond donors (Lipinski definition) is 0. The number of carbonyl (C=O) groups excluding carboxylic acids is 2. The van der Waals surface area contributed by atoms with Crippen LogP contribution in [-0.4, -0.2) is 43.9 Å². The Hall–Kier alpha value is -1.68. The number of nitrogens with zero attached hydrogens (tertiary/aromatic N) is 1. The third-order valence-electron chi connectivity index (χ3n) is 4.25. The van der Waals surface area contributed by atoms with Gasteiger partial charge in [0, 0.05) is 45.7 Å². The summed E-state index contributed by atoms with van der Waals surface area (Å²) in [5.41, 5.74) is 3.41. The summed E-state index contributed by atoms with van der Waals surface area (Å²) in [6.07, 6.45) is 4.74. The third-order valence-corrected chi connectivity index (χ3v) is 4.25. The molecule has 0 atom stereocenters. The molecule has 0 aliphatic heterocycles. The summed E-state index contributed by atoms with van der Waals surface area (Å²) in [5.74, 6) is 0.0824. The van der Waals surface area contributed by atoms with Gasteiger partial charge in [-0.3, -0.25) is 9.59 Å². The van der Waals surface area contributed by atoms with Gasteiger partial charge in [0.1, 0.15) is 0 Å². The van der Waals surface area contributed by atoms with Gasteiger partial charge in [0.2, 0.25) is 5.91 Å². The van der Waals surface area contributed by atoms with Crippen molar-refractivity contribution in [2.24, 2.45) is 0 Å². The van der Waals surface area contributed by atoms with Crippen LogP contribution in [0.5, 0.6) is 0 Å². The van der Waals surface area contributed by atoms with Crippen molar-refractivity contribution in [2.45, 2.75) is 38.5 Å². The lowest BCUT2D eigenvalue weighted by atomic mass is 10.0. The average Bonchev–Trinajstić information content (AvgIpc) is 2.99. The van der Waals surface area contributed by atoms with E-state index < -0.39 is 0 Å². The van der Waals surface area contributed by atoms with Crippen molar-refractivity contribution in [2.75, 3.05) is 27.3 Å². The normalized spacial score (nSPS) is 13.0. The molecular weight excluding hydrogens is 278 g/mol. The van der Waals surface area contributed by atoms with Gasteiger partial charge in [-0.05, 0) is 42.9 Å². The Labute approximate surface area is 132 Å². The number of ketones is 1. The first-order valence-electron chi connectivity index (χ1n) is 7.99. The number of Topliss-reactive ketones (excluding diaryl/α,β-unsaturated/α-hetero) is 1. The quantitative estimate of drug-likeness (QED) is 0.548. The Morgan fingerprint density at radius 3 is 2.73 bits per heavy atom. The zero-order chi connectivity index (χ0) is 15.9. The highest BCUT2D eigenvalue weighted by Crippen LogP contribution is 2.23.